The molecular weight excluding hydrogens is 402 g/mol. The molecule has 1 aliphatic rings. The zero-order valence-electron chi connectivity index (χ0n) is 17.3. The van der Waals surface area contributed by atoms with E-state index in [0.29, 0.717) is 43.1 Å². The zero-order valence-corrected chi connectivity index (χ0v) is 18.1. The van der Waals surface area contributed by atoms with Gasteiger partial charge in [-0.15, -0.1) is 0 Å². The van der Waals surface area contributed by atoms with E-state index in [0.717, 1.165) is 0 Å². The second-order valence-electron chi connectivity index (χ2n) is 8.15. The molecule has 1 aliphatic heterocycles. The van der Waals surface area contributed by atoms with E-state index in [1.165, 1.54) is 12.1 Å². The maximum atomic E-state index is 12.8. The Bertz CT molecular complexity index is 1060. The van der Waals surface area contributed by atoms with Gasteiger partial charge in [-0.2, -0.15) is 5.26 Å². The third-order valence-corrected chi connectivity index (χ3v) is 6.40. The number of nitriles is 1. The van der Waals surface area contributed by atoms with Gasteiger partial charge in [0.15, 0.2) is 0 Å². The fraction of sp³-hybridized carbons (Fsp3) is 0.381. The molecule has 2 heterocycles. The summed E-state index contributed by atoms with van der Waals surface area (Å²) in [6.07, 6.45) is 1.65. The van der Waals surface area contributed by atoms with Gasteiger partial charge in [-0.05, 0) is 57.2 Å². The number of carbonyl (C=O) groups excluding carboxylic acids is 1. The first-order valence-electron chi connectivity index (χ1n) is 9.64. The molecule has 1 saturated heterocycles. The van der Waals surface area contributed by atoms with Gasteiger partial charge in [0, 0.05) is 43.5 Å². The van der Waals surface area contributed by atoms with Crippen LogP contribution in [0.5, 0.6) is 0 Å². The topological polar surface area (TPSA) is 106 Å². The van der Waals surface area contributed by atoms with E-state index in [4.69, 9.17) is 0 Å². The van der Waals surface area contributed by atoms with Gasteiger partial charge in [0.25, 0.3) is 5.91 Å². The monoisotopic (exact) mass is 427 g/mol. The Balaban J connectivity index is 1.66. The standard InChI is InChI=1S/C21H25N5O3S/c1-21(2,3)24-30(28,29)18-8-6-16(7-9-18)20(27)26-13-11-25(12-14-26)19-17(15-22)5-4-10-23-19/h4-10,24H,11-14H2,1-3H3. The van der Waals surface area contributed by atoms with E-state index in [1.54, 1.807) is 56.1 Å². The van der Waals surface area contributed by atoms with Crippen LogP contribution in [0, 0.1) is 11.3 Å². The molecule has 9 heteroatoms. The highest BCUT2D eigenvalue weighted by Gasteiger charge is 2.25. The second kappa shape index (κ2) is 8.42. The molecule has 1 fully saturated rings. The van der Waals surface area contributed by atoms with E-state index < -0.39 is 15.6 Å². The summed E-state index contributed by atoms with van der Waals surface area (Å²) in [6, 6.07) is 11.6. The predicted octanol–water partition coefficient (Wildman–Crippen LogP) is 1.99. The summed E-state index contributed by atoms with van der Waals surface area (Å²) in [6.45, 7) is 7.43. The number of nitrogens with one attached hydrogen (secondary N) is 1. The Hall–Kier alpha value is -2.96. The molecule has 0 atom stereocenters. The third-order valence-electron chi connectivity index (χ3n) is 4.63. The lowest BCUT2D eigenvalue weighted by atomic mass is 10.1. The van der Waals surface area contributed by atoms with Crippen LogP contribution in [-0.2, 0) is 10.0 Å². The first-order chi connectivity index (χ1) is 14.1. The largest absolute Gasteiger partial charge is 0.352 e. The molecule has 2 aromatic rings. The average molecular weight is 428 g/mol. The summed E-state index contributed by atoms with van der Waals surface area (Å²) in [7, 11) is -3.64. The van der Waals surface area contributed by atoms with Crippen molar-refractivity contribution in [2.24, 2.45) is 0 Å². The highest BCUT2D eigenvalue weighted by Crippen LogP contribution is 2.20. The number of pyridine rings is 1. The smallest absolute Gasteiger partial charge is 0.253 e. The number of hydrogen-bond donors (Lipinski definition) is 1. The van der Waals surface area contributed by atoms with Crippen LogP contribution >= 0.6 is 0 Å². The Labute approximate surface area is 177 Å². The molecule has 0 saturated carbocycles. The fourth-order valence-corrected chi connectivity index (χ4v) is 4.70. The lowest BCUT2D eigenvalue weighted by molar-refractivity contribution is 0.0746. The van der Waals surface area contributed by atoms with Crippen LogP contribution in [-0.4, -0.2) is 55.9 Å². The maximum Gasteiger partial charge on any atom is 0.253 e. The van der Waals surface area contributed by atoms with Crippen LogP contribution in [0.4, 0.5) is 5.82 Å². The average Bonchev–Trinajstić information content (AvgIpc) is 2.72. The van der Waals surface area contributed by atoms with Crippen LogP contribution < -0.4 is 9.62 Å². The summed E-state index contributed by atoms with van der Waals surface area (Å²) in [5, 5.41) is 9.25. The number of sulfonamides is 1. The summed E-state index contributed by atoms with van der Waals surface area (Å²) >= 11 is 0. The van der Waals surface area contributed by atoms with Crippen LogP contribution in [0.15, 0.2) is 47.5 Å². The van der Waals surface area contributed by atoms with Gasteiger partial charge in [0.05, 0.1) is 10.5 Å². The van der Waals surface area contributed by atoms with Crippen molar-refractivity contribution in [1.29, 1.82) is 5.26 Å². The van der Waals surface area contributed by atoms with Crippen molar-refractivity contribution < 1.29 is 13.2 Å². The Morgan fingerprint density at radius 2 is 1.73 bits per heavy atom. The van der Waals surface area contributed by atoms with Gasteiger partial charge in [-0.25, -0.2) is 18.1 Å². The zero-order chi connectivity index (χ0) is 21.9. The van der Waals surface area contributed by atoms with Crippen LogP contribution in [0.3, 0.4) is 0 Å². The number of benzene rings is 1. The highest BCUT2D eigenvalue weighted by molar-refractivity contribution is 7.89. The Morgan fingerprint density at radius 1 is 1.10 bits per heavy atom. The minimum absolute atomic E-state index is 0.123. The lowest BCUT2D eigenvalue weighted by Crippen LogP contribution is -2.49. The van der Waals surface area contributed by atoms with E-state index in [-0.39, 0.29) is 10.8 Å². The molecule has 3 rings (SSSR count). The first kappa shape index (κ1) is 21.7. The van der Waals surface area contributed by atoms with Crippen molar-refractivity contribution in [1.82, 2.24) is 14.6 Å². The van der Waals surface area contributed by atoms with Gasteiger partial charge in [0.2, 0.25) is 10.0 Å². The third kappa shape index (κ3) is 4.96. The molecule has 0 bridgehead atoms. The SMILES string of the molecule is CC(C)(C)NS(=O)(=O)c1ccc(C(=O)N2CCN(c3ncccc3C#N)CC2)cc1. The summed E-state index contributed by atoms with van der Waals surface area (Å²) in [4.78, 5) is 21.0. The predicted molar refractivity (Wildman–Crippen MR) is 114 cm³/mol. The van der Waals surface area contributed by atoms with Crippen molar-refractivity contribution in [3.05, 3.63) is 53.7 Å². The Kier molecular flexibility index (Phi) is 6.10. The molecule has 1 amide bonds. The molecule has 1 aromatic heterocycles. The first-order valence-corrected chi connectivity index (χ1v) is 11.1. The molecule has 8 nitrogen and oxygen atoms in total. The summed E-state index contributed by atoms with van der Waals surface area (Å²) in [5.74, 6) is 0.483. The van der Waals surface area contributed by atoms with E-state index >= 15 is 0 Å². The van der Waals surface area contributed by atoms with Crippen LogP contribution in [0.2, 0.25) is 0 Å². The van der Waals surface area contributed by atoms with Crippen molar-refractivity contribution in [3.8, 4) is 6.07 Å². The molecule has 1 N–H and O–H groups in total. The number of piperazine rings is 1. The number of hydrogen-bond acceptors (Lipinski definition) is 6. The minimum atomic E-state index is -3.64. The molecule has 30 heavy (non-hydrogen) atoms. The summed E-state index contributed by atoms with van der Waals surface area (Å²) < 4.78 is 27.4. The summed E-state index contributed by atoms with van der Waals surface area (Å²) in [5.41, 5.74) is 0.359. The molecule has 0 aliphatic carbocycles. The molecule has 0 unspecified atom stereocenters. The maximum absolute atomic E-state index is 12.8. The van der Waals surface area contributed by atoms with Gasteiger partial charge in [-0.1, -0.05) is 0 Å². The van der Waals surface area contributed by atoms with Crippen molar-refractivity contribution in [2.45, 2.75) is 31.2 Å². The van der Waals surface area contributed by atoms with Crippen molar-refractivity contribution >= 4 is 21.7 Å². The fourth-order valence-electron chi connectivity index (χ4n) is 3.28. The Morgan fingerprint density at radius 3 is 2.30 bits per heavy atom. The number of anilines is 1. The number of carbonyl (C=O) groups is 1. The van der Waals surface area contributed by atoms with Crippen LogP contribution in [0.25, 0.3) is 0 Å². The van der Waals surface area contributed by atoms with Gasteiger partial charge in [0.1, 0.15) is 11.9 Å². The highest BCUT2D eigenvalue weighted by atomic mass is 32.2. The molecule has 0 spiro atoms. The van der Waals surface area contributed by atoms with Gasteiger partial charge in [-0.3, -0.25) is 4.79 Å². The lowest BCUT2D eigenvalue weighted by Gasteiger charge is -2.35. The molecule has 0 radical (unpaired) electrons. The number of amides is 1. The van der Waals surface area contributed by atoms with Crippen molar-refractivity contribution in [2.75, 3.05) is 31.1 Å². The molecule has 158 valence electrons. The van der Waals surface area contributed by atoms with Crippen molar-refractivity contribution in [3.63, 3.8) is 0 Å². The number of aromatic nitrogens is 1. The second-order valence-corrected chi connectivity index (χ2v) is 9.83. The molecular formula is C21H25N5O3S. The van der Waals surface area contributed by atoms with E-state index in [2.05, 4.69) is 15.8 Å². The minimum Gasteiger partial charge on any atom is -0.352 e. The van der Waals surface area contributed by atoms with E-state index in [9.17, 15) is 18.5 Å². The van der Waals surface area contributed by atoms with Crippen LogP contribution in [0.1, 0.15) is 36.7 Å². The quantitative estimate of drug-likeness (QED) is 0.800. The van der Waals surface area contributed by atoms with E-state index in [1.807, 2.05) is 4.90 Å². The number of nitrogens with zero attached hydrogens (tertiary/aromatic N) is 4. The van der Waals surface area contributed by atoms with Gasteiger partial charge >= 0.3 is 0 Å². The normalized spacial score (nSPS) is 15.0. The van der Waals surface area contributed by atoms with Gasteiger partial charge < -0.3 is 9.80 Å². The number of rotatable bonds is 4. The molecule has 1 aromatic carbocycles.